The molecule has 0 aliphatic carbocycles. The first kappa shape index (κ1) is 14.9. The minimum Gasteiger partial charge on any atom is -0.480 e. The lowest BCUT2D eigenvalue weighted by Crippen LogP contribution is -2.50. The van der Waals surface area contributed by atoms with E-state index in [0.717, 1.165) is 0 Å². The van der Waals surface area contributed by atoms with Crippen LogP contribution in [0.25, 0.3) is 0 Å². The standard InChI is InChI=1S/C11H21N3O4/c1-18-9(7-12)6-10(15)14-4-2-13(3-5-14)8-11(16)17/h9H,2-8,12H2,1H3,(H,16,17). The Morgan fingerprint density at radius 1 is 1.33 bits per heavy atom. The van der Waals surface area contributed by atoms with Crippen LogP contribution in [0.5, 0.6) is 0 Å². The summed E-state index contributed by atoms with van der Waals surface area (Å²) in [6, 6.07) is 0. The van der Waals surface area contributed by atoms with Crippen molar-refractivity contribution in [1.82, 2.24) is 9.80 Å². The average Bonchev–Trinajstić information content (AvgIpc) is 2.35. The van der Waals surface area contributed by atoms with Gasteiger partial charge >= 0.3 is 5.97 Å². The molecule has 0 aromatic rings. The van der Waals surface area contributed by atoms with Crippen LogP contribution in [0, 0.1) is 0 Å². The molecule has 0 bridgehead atoms. The Labute approximate surface area is 106 Å². The number of nitrogens with two attached hydrogens (primary N) is 1. The Hall–Kier alpha value is -1.18. The summed E-state index contributed by atoms with van der Waals surface area (Å²) in [5.74, 6) is -0.820. The summed E-state index contributed by atoms with van der Waals surface area (Å²) in [5, 5.41) is 8.67. The molecule has 1 saturated heterocycles. The van der Waals surface area contributed by atoms with Gasteiger partial charge in [0.05, 0.1) is 19.1 Å². The van der Waals surface area contributed by atoms with Crippen molar-refractivity contribution in [2.24, 2.45) is 5.73 Å². The summed E-state index contributed by atoms with van der Waals surface area (Å²) >= 11 is 0. The summed E-state index contributed by atoms with van der Waals surface area (Å²) in [6.07, 6.45) is 0.0425. The zero-order valence-electron chi connectivity index (χ0n) is 10.7. The maximum absolute atomic E-state index is 11.9. The molecule has 1 unspecified atom stereocenters. The Morgan fingerprint density at radius 2 is 1.94 bits per heavy atom. The second kappa shape index (κ2) is 7.30. The van der Waals surface area contributed by atoms with Crippen LogP contribution in [-0.2, 0) is 14.3 Å². The van der Waals surface area contributed by atoms with Gasteiger partial charge < -0.3 is 20.5 Å². The highest BCUT2D eigenvalue weighted by Gasteiger charge is 2.23. The largest absolute Gasteiger partial charge is 0.480 e. The van der Waals surface area contributed by atoms with Crippen LogP contribution in [0.4, 0.5) is 0 Å². The van der Waals surface area contributed by atoms with Gasteiger partial charge in [-0.05, 0) is 0 Å². The molecule has 7 heteroatoms. The lowest BCUT2D eigenvalue weighted by Gasteiger charge is -2.34. The summed E-state index contributed by atoms with van der Waals surface area (Å²) < 4.78 is 5.07. The smallest absolute Gasteiger partial charge is 0.317 e. The molecule has 1 heterocycles. The predicted octanol–water partition coefficient (Wildman–Crippen LogP) is -1.42. The van der Waals surface area contributed by atoms with Gasteiger partial charge in [-0.1, -0.05) is 0 Å². The fourth-order valence-corrected chi connectivity index (χ4v) is 1.93. The number of carbonyl (C=O) groups excluding carboxylic acids is 1. The zero-order chi connectivity index (χ0) is 13.5. The minimum absolute atomic E-state index is 0.0160. The number of amides is 1. The van der Waals surface area contributed by atoms with E-state index >= 15 is 0 Å². The maximum Gasteiger partial charge on any atom is 0.317 e. The van der Waals surface area contributed by atoms with Crippen LogP contribution in [0.1, 0.15) is 6.42 Å². The van der Waals surface area contributed by atoms with Crippen molar-refractivity contribution < 1.29 is 19.4 Å². The minimum atomic E-state index is -0.836. The Balaban J connectivity index is 2.33. The number of carbonyl (C=O) groups is 2. The highest BCUT2D eigenvalue weighted by molar-refractivity contribution is 5.77. The Kier molecular flexibility index (Phi) is 6.03. The third-order valence-corrected chi connectivity index (χ3v) is 3.08. The van der Waals surface area contributed by atoms with Crippen molar-refractivity contribution >= 4 is 11.9 Å². The van der Waals surface area contributed by atoms with Gasteiger partial charge in [0.2, 0.25) is 5.91 Å². The summed E-state index contributed by atoms with van der Waals surface area (Å²) in [6.45, 7) is 2.67. The molecule has 1 atom stereocenters. The van der Waals surface area contributed by atoms with Gasteiger partial charge in [0.25, 0.3) is 0 Å². The molecule has 1 aliphatic heterocycles. The monoisotopic (exact) mass is 259 g/mol. The van der Waals surface area contributed by atoms with E-state index < -0.39 is 5.97 Å². The van der Waals surface area contributed by atoms with Crippen LogP contribution in [0.15, 0.2) is 0 Å². The first-order chi connectivity index (χ1) is 8.56. The first-order valence-corrected chi connectivity index (χ1v) is 6.01. The van der Waals surface area contributed by atoms with Gasteiger partial charge in [-0.2, -0.15) is 0 Å². The summed E-state index contributed by atoms with van der Waals surface area (Å²) in [5.41, 5.74) is 5.47. The van der Waals surface area contributed by atoms with E-state index in [1.165, 1.54) is 7.11 Å². The van der Waals surface area contributed by atoms with Crippen molar-refractivity contribution in [2.75, 3.05) is 46.4 Å². The number of ether oxygens (including phenoxy) is 1. The zero-order valence-corrected chi connectivity index (χ0v) is 10.7. The molecule has 0 spiro atoms. The van der Waals surface area contributed by atoms with Crippen molar-refractivity contribution in [2.45, 2.75) is 12.5 Å². The van der Waals surface area contributed by atoms with Gasteiger partial charge in [-0.3, -0.25) is 14.5 Å². The predicted molar refractivity (Wildman–Crippen MR) is 65.1 cm³/mol. The molecule has 104 valence electrons. The third-order valence-electron chi connectivity index (χ3n) is 3.08. The molecular weight excluding hydrogens is 238 g/mol. The number of methoxy groups -OCH3 is 1. The molecule has 1 rings (SSSR count). The number of carboxylic acid groups (broad SMARTS) is 1. The van der Waals surface area contributed by atoms with Crippen LogP contribution < -0.4 is 5.73 Å². The van der Waals surface area contributed by atoms with Crippen molar-refractivity contribution in [3.05, 3.63) is 0 Å². The molecule has 7 nitrogen and oxygen atoms in total. The topological polar surface area (TPSA) is 96.1 Å². The van der Waals surface area contributed by atoms with Crippen molar-refractivity contribution in [3.8, 4) is 0 Å². The number of hydrogen-bond donors (Lipinski definition) is 2. The molecule has 0 saturated carbocycles. The summed E-state index contributed by atoms with van der Waals surface area (Å²) in [4.78, 5) is 26.0. The SMILES string of the molecule is COC(CN)CC(=O)N1CCN(CC(=O)O)CC1. The van der Waals surface area contributed by atoms with E-state index in [9.17, 15) is 9.59 Å². The summed E-state index contributed by atoms with van der Waals surface area (Å²) in [7, 11) is 1.54. The van der Waals surface area contributed by atoms with Crippen LogP contribution in [0.2, 0.25) is 0 Å². The van der Waals surface area contributed by atoms with Crippen LogP contribution in [-0.4, -0.2) is 79.3 Å². The third kappa shape index (κ3) is 4.59. The number of rotatable bonds is 6. The maximum atomic E-state index is 11.9. The fraction of sp³-hybridized carbons (Fsp3) is 0.818. The first-order valence-electron chi connectivity index (χ1n) is 6.01. The number of carboxylic acids is 1. The number of nitrogens with zero attached hydrogens (tertiary/aromatic N) is 2. The molecule has 1 fully saturated rings. The average molecular weight is 259 g/mol. The second-order valence-electron chi connectivity index (χ2n) is 4.35. The lowest BCUT2D eigenvalue weighted by molar-refractivity contribution is -0.139. The molecule has 0 aromatic carbocycles. The highest BCUT2D eigenvalue weighted by Crippen LogP contribution is 2.06. The molecular formula is C11H21N3O4. The van der Waals surface area contributed by atoms with E-state index in [-0.39, 0.29) is 25.0 Å². The van der Waals surface area contributed by atoms with Crippen molar-refractivity contribution in [1.29, 1.82) is 0 Å². The Morgan fingerprint density at radius 3 is 2.39 bits per heavy atom. The molecule has 0 aromatic heterocycles. The van der Waals surface area contributed by atoms with Crippen LogP contribution >= 0.6 is 0 Å². The van der Waals surface area contributed by atoms with Gasteiger partial charge in [0.1, 0.15) is 0 Å². The molecule has 18 heavy (non-hydrogen) atoms. The van der Waals surface area contributed by atoms with Crippen LogP contribution in [0.3, 0.4) is 0 Å². The molecule has 1 aliphatic rings. The van der Waals surface area contributed by atoms with E-state index in [1.807, 2.05) is 4.90 Å². The van der Waals surface area contributed by atoms with Crippen molar-refractivity contribution in [3.63, 3.8) is 0 Å². The quantitative estimate of drug-likeness (QED) is 0.607. The van der Waals surface area contributed by atoms with E-state index in [0.29, 0.717) is 32.7 Å². The van der Waals surface area contributed by atoms with E-state index in [4.69, 9.17) is 15.6 Å². The Bertz CT molecular complexity index is 286. The molecule has 0 radical (unpaired) electrons. The lowest BCUT2D eigenvalue weighted by atomic mass is 10.2. The fourth-order valence-electron chi connectivity index (χ4n) is 1.93. The molecule has 3 N–H and O–H groups in total. The number of piperazine rings is 1. The van der Waals surface area contributed by atoms with Gasteiger partial charge in [-0.15, -0.1) is 0 Å². The van der Waals surface area contributed by atoms with Gasteiger partial charge in [0, 0.05) is 39.8 Å². The van der Waals surface area contributed by atoms with E-state index in [2.05, 4.69) is 0 Å². The van der Waals surface area contributed by atoms with Gasteiger partial charge in [0.15, 0.2) is 0 Å². The normalized spacial score (nSPS) is 18.7. The second-order valence-corrected chi connectivity index (χ2v) is 4.35. The number of hydrogen-bond acceptors (Lipinski definition) is 5. The van der Waals surface area contributed by atoms with E-state index in [1.54, 1.807) is 4.90 Å². The molecule has 1 amide bonds. The van der Waals surface area contributed by atoms with Gasteiger partial charge in [-0.25, -0.2) is 0 Å². The highest BCUT2D eigenvalue weighted by atomic mass is 16.5. The number of aliphatic carboxylic acids is 1.